The van der Waals surface area contributed by atoms with Gasteiger partial charge < -0.3 is 26.6 Å². The predicted octanol–water partition coefficient (Wildman–Crippen LogP) is 21.0. The van der Waals surface area contributed by atoms with Gasteiger partial charge in [-0.2, -0.15) is 0 Å². The standard InChI is InChI=1S/3C18H25F2NO.C18H27F2NO.C17H25F2NO/c2*1-11(2)21-18(22)14(9-15-6-12(15)3)5-4-13-7-16(19)10-17(20)8-13;1-12(2)21-18(22)15(8-13-4-3-5-13)7-6-14-9-16(19)11-17(20)10-14;1-12(2)21-17(22)14(11-18(3,4)5)7-6-13-8-15(19)10-16(20)9-13;1-11(2)20-16(21)15(17(3,4)5)7-6-12-8-13(18)10-14(19)9-12/h2*7-8,10-12,14-15H,4-6,9H2,1-3H3,(H,21,22);9-13,15H,3-8H2,1-2H3,(H,21,22);8-10,12,14H,6-7,11H2,1-5H3,(H,21,22);8-11,15H,6-7H2,1-5H3,(H,20,21). The molecule has 0 heterocycles. The molecule has 0 saturated heterocycles. The van der Waals surface area contributed by atoms with E-state index < -0.39 is 58.2 Å². The summed E-state index contributed by atoms with van der Waals surface area (Å²) in [7, 11) is 0. The number of rotatable bonds is 32. The van der Waals surface area contributed by atoms with Crippen LogP contribution < -0.4 is 26.6 Å². The largest absolute Gasteiger partial charge is 0.354 e. The molecule has 0 radical (unpaired) electrons. The van der Waals surface area contributed by atoms with Crippen molar-refractivity contribution in [3.05, 3.63) is 177 Å². The first-order valence-electron chi connectivity index (χ1n) is 39.6. The number of hydrogen-bond acceptors (Lipinski definition) is 5. The van der Waals surface area contributed by atoms with Crippen LogP contribution in [0.4, 0.5) is 43.9 Å². The van der Waals surface area contributed by atoms with Crippen molar-refractivity contribution in [2.45, 2.75) is 277 Å². The van der Waals surface area contributed by atoms with Gasteiger partial charge in [-0.3, -0.25) is 24.0 Å². The normalized spacial score (nSPS) is 17.3. The van der Waals surface area contributed by atoms with E-state index in [1.165, 1.54) is 92.8 Å². The summed E-state index contributed by atoms with van der Waals surface area (Å²) in [6.45, 7) is 36.0. The minimum atomic E-state index is -0.580. The molecule has 8 rings (SSSR count). The van der Waals surface area contributed by atoms with Crippen LogP contribution in [0.3, 0.4) is 0 Å². The van der Waals surface area contributed by atoms with Crippen molar-refractivity contribution in [2.75, 3.05) is 0 Å². The van der Waals surface area contributed by atoms with Crippen molar-refractivity contribution in [1.29, 1.82) is 0 Å². The molecule has 5 aromatic rings. The summed E-state index contributed by atoms with van der Waals surface area (Å²) < 4.78 is 132. The lowest BCUT2D eigenvalue weighted by Gasteiger charge is -2.30. The zero-order valence-corrected chi connectivity index (χ0v) is 68.1. The van der Waals surface area contributed by atoms with Gasteiger partial charge in [0.15, 0.2) is 0 Å². The molecule has 3 saturated carbocycles. The third-order valence-corrected chi connectivity index (χ3v) is 19.9. The number of nitrogens with one attached hydrogen (secondary N) is 5. The van der Waals surface area contributed by atoms with E-state index in [4.69, 9.17) is 0 Å². The average molecular weight is 1540 g/mol. The number of carbonyl (C=O) groups is 5. The third-order valence-electron chi connectivity index (χ3n) is 19.9. The molecule has 3 aliphatic rings. The van der Waals surface area contributed by atoms with Crippen LogP contribution in [-0.2, 0) is 56.1 Å². The molecule has 5 aromatic carbocycles. The highest BCUT2D eigenvalue weighted by molar-refractivity contribution is 5.81. The molecule has 109 heavy (non-hydrogen) atoms. The number of halogens is 10. The van der Waals surface area contributed by atoms with Crippen molar-refractivity contribution in [3.8, 4) is 0 Å². The molecular weight excluding hydrogens is 1410 g/mol. The minimum Gasteiger partial charge on any atom is -0.354 e. The molecule has 0 bridgehead atoms. The van der Waals surface area contributed by atoms with Gasteiger partial charge >= 0.3 is 0 Å². The minimum absolute atomic E-state index is 0.00521. The highest BCUT2D eigenvalue weighted by Gasteiger charge is 2.38. The van der Waals surface area contributed by atoms with E-state index in [1.807, 2.05) is 90.0 Å². The molecule has 5 amide bonds. The Morgan fingerprint density at radius 2 is 0.560 bits per heavy atom. The first-order chi connectivity index (χ1) is 50.8. The van der Waals surface area contributed by atoms with Gasteiger partial charge in [0.2, 0.25) is 29.5 Å². The zero-order chi connectivity index (χ0) is 81.8. The molecule has 9 atom stereocenters. The Hall–Kier alpha value is -7.25. The van der Waals surface area contributed by atoms with Crippen molar-refractivity contribution in [2.24, 2.45) is 70.0 Å². The Labute approximate surface area is 644 Å². The highest BCUT2D eigenvalue weighted by atomic mass is 19.2. The molecule has 3 fully saturated rings. The summed E-state index contributed by atoms with van der Waals surface area (Å²) in [4.78, 5) is 61.6. The van der Waals surface area contributed by atoms with E-state index in [1.54, 1.807) is 0 Å². The summed E-state index contributed by atoms with van der Waals surface area (Å²) >= 11 is 0. The van der Waals surface area contributed by atoms with Crippen molar-refractivity contribution >= 4 is 29.5 Å². The molecule has 9 unspecified atom stereocenters. The van der Waals surface area contributed by atoms with Gasteiger partial charge in [-0.15, -0.1) is 0 Å². The number of hydrogen-bond donors (Lipinski definition) is 5. The predicted molar refractivity (Wildman–Crippen MR) is 416 cm³/mol. The van der Waals surface area contributed by atoms with Crippen LogP contribution in [0.15, 0.2) is 91.0 Å². The van der Waals surface area contributed by atoms with Gasteiger partial charge in [0, 0.05) is 90.1 Å². The van der Waals surface area contributed by atoms with Gasteiger partial charge in [0.1, 0.15) is 58.2 Å². The van der Waals surface area contributed by atoms with Gasteiger partial charge in [-0.25, -0.2) is 43.9 Å². The monoisotopic (exact) mass is 1540 g/mol. The molecule has 608 valence electrons. The fourth-order valence-electron chi connectivity index (χ4n) is 13.9. The molecule has 0 aromatic heterocycles. The fraction of sp³-hybridized carbons (Fsp3) is 0.607. The summed E-state index contributed by atoms with van der Waals surface area (Å²) in [5, 5.41) is 14.8. The SMILES string of the molecule is CC(C)NC(=O)C(CCc1cc(F)cc(F)c1)C(C)(C)C.CC(C)NC(=O)C(CCc1cc(F)cc(F)c1)CC(C)(C)C.CC(C)NC(=O)C(CCc1cc(F)cc(F)c1)CC1CC1C.CC(C)NC(=O)C(CCc1cc(F)cc(F)c1)CC1CC1C.CC(C)NC(=O)C(CCc1cc(F)cc(F)c1)CC1CCC1. The molecular formula is C89H127F10N5O5. The second-order valence-electron chi connectivity index (χ2n) is 34.8. The number of benzene rings is 5. The van der Waals surface area contributed by atoms with E-state index in [2.05, 4.69) is 61.2 Å². The average Bonchev–Trinajstić information content (AvgIpc) is 1.79. The lowest BCUT2D eigenvalue weighted by atomic mass is 9.77. The molecule has 10 nitrogen and oxygen atoms in total. The van der Waals surface area contributed by atoms with Crippen LogP contribution >= 0.6 is 0 Å². The molecule has 3 aliphatic carbocycles. The quantitative estimate of drug-likeness (QED) is 0.0272. The smallest absolute Gasteiger partial charge is 0.223 e. The Morgan fingerprint density at radius 3 is 0.771 bits per heavy atom. The van der Waals surface area contributed by atoms with E-state index in [0.29, 0.717) is 122 Å². The van der Waals surface area contributed by atoms with E-state index in [-0.39, 0.29) is 100 Å². The van der Waals surface area contributed by atoms with E-state index in [0.717, 1.165) is 56.0 Å². The summed E-state index contributed by atoms with van der Waals surface area (Å²) in [6, 6.07) is 18.2. The Morgan fingerprint density at radius 1 is 0.339 bits per heavy atom. The summed E-state index contributed by atoms with van der Waals surface area (Å²) in [6.07, 6.45) is 14.9. The summed E-state index contributed by atoms with van der Waals surface area (Å²) in [5.41, 5.74) is 2.84. The molecule has 0 spiro atoms. The van der Waals surface area contributed by atoms with Crippen LogP contribution in [0.25, 0.3) is 0 Å². The maximum absolute atomic E-state index is 13.2. The topological polar surface area (TPSA) is 146 Å². The maximum Gasteiger partial charge on any atom is 0.223 e. The Bertz CT molecular complexity index is 3350. The Kier molecular flexibility index (Phi) is 39.1. The van der Waals surface area contributed by atoms with Gasteiger partial charge in [-0.05, 0) is 301 Å². The lowest BCUT2D eigenvalue weighted by Crippen LogP contribution is -2.41. The number of carbonyl (C=O) groups excluding carboxylic acids is 5. The first-order valence-corrected chi connectivity index (χ1v) is 39.6. The van der Waals surface area contributed by atoms with E-state index in [9.17, 15) is 67.9 Å². The van der Waals surface area contributed by atoms with Gasteiger partial charge in [0.05, 0.1) is 0 Å². The van der Waals surface area contributed by atoms with Crippen molar-refractivity contribution < 1.29 is 67.9 Å². The second-order valence-corrected chi connectivity index (χ2v) is 34.8. The van der Waals surface area contributed by atoms with E-state index >= 15 is 0 Å². The second kappa shape index (κ2) is 45.3. The van der Waals surface area contributed by atoms with Crippen LogP contribution in [0.1, 0.15) is 242 Å². The first kappa shape index (κ1) is 94.1. The highest BCUT2D eigenvalue weighted by Crippen LogP contribution is 2.45. The van der Waals surface area contributed by atoms with Crippen LogP contribution in [0, 0.1) is 128 Å². The maximum atomic E-state index is 13.2. The molecule has 0 aliphatic heterocycles. The zero-order valence-electron chi connectivity index (χ0n) is 68.1. The summed E-state index contributed by atoms with van der Waals surface area (Å²) in [5.74, 6) is -2.80. The van der Waals surface area contributed by atoms with Crippen LogP contribution in [0.5, 0.6) is 0 Å². The van der Waals surface area contributed by atoms with Crippen molar-refractivity contribution in [1.82, 2.24) is 26.6 Å². The van der Waals surface area contributed by atoms with Crippen LogP contribution in [0.2, 0.25) is 0 Å². The van der Waals surface area contributed by atoms with Gasteiger partial charge in [0.25, 0.3) is 0 Å². The number of amides is 5. The molecule has 5 N–H and O–H groups in total. The van der Waals surface area contributed by atoms with Crippen LogP contribution in [-0.4, -0.2) is 59.7 Å². The molecule has 20 heteroatoms. The fourth-order valence-corrected chi connectivity index (χ4v) is 13.9. The Balaban J connectivity index is 0.000000288. The number of aryl methyl sites for hydroxylation is 5. The van der Waals surface area contributed by atoms with Crippen molar-refractivity contribution in [3.63, 3.8) is 0 Å². The lowest BCUT2D eigenvalue weighted by molar-refractivity contribution is -0.129. The third kappa shape index (κ3) is 39.0. The van der Waals surface area contributed by atoms with Gasteiger partial charge in [-0.1, -0.05) is 74.7 Å².